The fourth-order valence-corrected chi connectivity index (χ4v) is 3.45. The lowest BCUT2D eigenvalue weighted by atomic mass is 10.0. The molecule has 25 heavy (non-hydrogen) atoms. The predicted octanol–water partition coefficient (Wildman–Crippen LogP) is 4.07. The highest BCUT2D eigenvalue weighted by Gasteiger charge is 2.24. The van der Waals surface area contributed by atoms with Crippen LogP contribution < -0.4 is 20.1 Å². The average Bonchev–Trinajstić information content (AvgIpc) is 2.62. The molecule has 0 fully saturated rings. The zero-order valence-corrected chi connectivity index (χ0v) is 15.1. The lowest BCUT2D eigenvalue weighted by Gasteiger charge is -2.29. The van der Waals surface area contributed by atoms with Crippen molar-refractivity contribution in [3.63, 3.8) is 0 Å². The van der Waals surface area contributed by atoms with E-state index in [1.54, 1.807) is 6.07 Å². The first-order valence-electron chi connectivity index (χ1n) is 8.07. The van der Waals surface area contributed by atoms with Crippen LogP contribution in [-0.4, -0.2) is 25.2 Å². The van der Waals surface area contributed by atoms with E-state index < -0.39 is 0 Å². The molecule has 0 radical (unpaired) electrons. The number of aliphatic imine (C=N–C) groups is 1. The molecule has 0 spiro atoms. The molecule has 0 bridgehead atoms. The highest BCUT2D eigenvalue weighted by molar-refractivity contribution is 6.42. The minimum Gasteiger partial charge on any atom is -0.486 e. The van der Waals surface area contributed by atoms with Crippen LogP contribution in [0.15, 0.2) is 41.4 Å². The van der Waals surface area contributed by atoms with Gasteiger partial charge < -0.3 is 20.1 Å². The van der Waals surface area contributed by atoms with Gasteiger partial charge in [0.15, 0.2) is 17.5 Å². The normalized spacial score (nSPS) is 21.0. The Labute approximate surface area is 155 Å². The number of nitrogens with zero attached hydrogens (tertiary/aromatic N) is 1. The first-order chi connectivity index (χ1) is 12.1. The smallest absolute Gasteiger partial charge is 0.197 e. The number of hydrogen-bond donors (Lipinski definition) is 2. The highest BCUT2D eigenvalue weighted by atomic mass is 35.5. The lowest BCUT2D eigenvalue weighted by molar-refractivity contribution is 0.0936. The maximum absolute atomic E-state index is 6.30. The van der Waals surface area contributed by atoms with E-state index in [4.69, 9.17) is 32.7 Å². The van der Waals surface area contributed by atoms with Crippen molar-refractivity contribution in [2.24, 2.45) is 4.99 Å². The Kier molecular flexibility index (Phi) is 4.36. The van der Waals surface area contributed by atoms with Crippen LogP contribution in [0.2, 0.25) is 10.0 Å². The van der Waals surface area contributed by atoms with Crippen molar-refractivity contribution in [1.29, 1.82) is 0 Å². The van der Waals surface area contributed by atoms with Gasteiger partial charge in [0.25, 0.3) is 0 Å². The van der Waals surface area contributed by atoms with Crippen molar-refractivity contribution in [2.45, 2.75) is 19.1 Å². The molecule has 5 nitrogen and oxygen atoms in total. The summed E-state index contributed by atoms with van der Waals surface area (Å²) >= 11 is 12.4. The summed E-state index contributed by atoms with van der Waals surface area (Å²) in [5.41, 5.74) is 1.72. The Morgan fingerprint density at radius 1 is 1.20 bits per heavy atom. The van der Waals surface area contributed by atoms with E-state index in [0.717, 1.165) is 22.7 Å². The molecule has 2 atom stereocenters. The van der Waals surface area contributed by atoms with Crippen molar-refractivity contribution in [3.05, 3.63) is 52.0 Å². The number of para-hydroxylation sites is 2. The summed E-state index contributed by atoms with van der Waals surface area (Å²) in [6, 6.07) is 11.3. The summed E-state index contributed by atoms with van der Waals surface area (Å²) in [7, 11) is 0. The molecule has 0 saturated heterocycles. The number of halogens is 2. The summed E-state index contributed by atoms with van der Waals surface area (Å²) in [6.07, 6.45) is -0.0927. The minimum absolute atomic E-state index is 0.00505. The molecule has 2 aromatic rings. The second-order valence-electron chi connectivity index (χ2n) is 6.00. The largest absolute Gasteiger partial charge is 0.486 e. The fourth-order valence-electron chi connectivity index (χ4n) is 2.96. The van der Waals surface area contributed by atoms with Gasteiger partial charge in [-0.2, -0.15) is 0 Å². The van der Waals surface area contributed by atoms with Crippen molar-refractivity contribution < 1.29 is 9.47 Å². The van der Waals surface area contributed by atoms with Gasteiger partial charge in [0, 0.05) is 5.56 Å². The Hall–Kier alpha value is -2.11. The molecule has 2 aliphatic rings. The number of guanidine groups is 1. The van der Waals surface area contributed by atoms with Crippen LogP contribution in [-0.2, 0) is 0 Å². The Balaban J connectivity index is 1.45. The number of benzene rings is 2. The molecule has 0 amide bonds. The van der Waals surface area contributed by atoms with Crippen LogP contribution in [0, 0.1) is 0 Å². The molecule has 2 aliphatic heterocycles. The van der Waals surface area contributed by atoms with Crippen LogP contribution in [0.1, 0.15) is 18.5 Å². The number of rotatable bonds is 2. The molecule has 0 saturated carbocycles. The Morgan fingerprint density at radius 3 is 2.84 bits per heavy atom. The lowest BCUT2D eigenvalue weighted by Crippen LogP contribution is -2.46. The zero-order valence-electron chi connectivity index (χ0n) is 13.6. The molecule has 2 aromatic carbocycles. The van der Waals surface area contributed by atoms with E-state index >= 15 is 0 Å². The molecule has 0 aliphatic carbocycles. The third-order valence-corrected chi connectivity index (χ3v) is 5.01. The van der Waals surface area contributed by atoms with E-state index in [1.165, 1.54) is 0 Å². The van der Waals surface area contributed by atoms with E-state index in [9.17, 15) is 0 Å². The molecule has 4 rings (SSSR count). The summed E-state index contributed by atoms with van der Waals surface area (Å²) < 4.78 is 11.7. The van der Waals surface area contributed by atoms with Crippen LogP contribution in [0.25, 0.3) is 0 Å². The second-order valence-corrected chi connectivity index (χ2v) is 6.78. The SMILES string of the molecule is CC1NC(NCC2COc3ccccc3O2)=Nc2ccc(Cl)c(Cl)c21. The van der Waals surface area contributed by atoms with Gasteiger partial charge in [-0.05, 0) is 31.2 Å². The number of fused-ring (bicyclic) bond motifs is 2. The third-order valence-electron chi connectivity index (χ3n) is 4.19. The van der Waals surface area contributed by atoms with Gasteiger partial charge in [0.2, 0.25) is 0 Å². The van der Waals surface area contributed by atoms with Crippen molar-refractivity contribution in [3.8, 4) is 11.5 Å². The fraction of sp³-hybridized carbons (Fsp3) is 0.278. The van der Waals surface area contributed by atoms with Crippen molar-refractivity contribution in [2.75, 3.05) is 13.2 Å². The van der Waals surface area contributed by atoms with E-state index in [2.05, 4.69) is 15.6 Å². The zero-order chi connectivity index (χ0) is 17.4. The molecular weight excluding hydrogens is 361 g/mol. The molecule has 0 aromatic heterocycles. The van der Waals surface area contributed by atoms with Crippen LogP contribution >= 0.6 is 23.2 Å². The van der Waals surface area contributed by atoms with Crippen molar-refractivity contribution >= 4 is 34.8 Å². The third kappa shape index (κ3) is 3.22. The van der Waals surface area contributed by atoms with Gasteiger partial charge >= 0.3 is 0 Å². The van der Waals surface area contributed by atoms with E-state index in [-0.39, 0.29) is 12.1 Å². The van der Waals surface area contributed by atoms with Gasteiger partial charge in [-0.3, -0.25) is 0 Å². The summed E-state index contributed by atoms with van der Waals surface area (Å²) in [4.78, 5) is 4.58. The number of hydrogen-bond acceptors (Lipinski definition) is 5. The molecule has 2 heterocycles. The van der Waals surface area contributed by atoms with Crippen molar-refractivity contribution in [1.82, 2.24) is 10.6 Å². The summed E-state index contributed by atoms with van der Waals surface area (Å²) in [6.45, 7) is 3.09. The average molecular weight is 378 g/mol. The van der Waals surface area contributed by atoms with Crippen LogP contribution in [0.3, 0.4) is 0 Å². The second kappa shape index (κ2) is 6.65. The topological polar surface area (TPSA) is 54.9 Å². The summed E-state index contributed by atoms with van der Waals surface area (Å²) in [5, 5.41) is 7.66. The van der Waals surface area contributed by atoms with Gasteiger partial charge in [-0.25, -0.2) is 4.99 Å². The molecule has 7 heteroatoms. The van der Waals surface area contributed by atoms with Gasteiger partial charge in [0.1, 0.15) is 12.7 Å². The molecule has 2 N–H and O–H groups in total. The maximum Gasteiger partial charge on any atom is 0.197 e. The van der Waals surface area contributed by atoms with Gasteiger partial charge in [-0.1, -0.05) is 35.3 Å². The molecule has 130 valence electrons. The maximum atomic E-state index is 6.30. The predicted molar refractivity (Wildman–Crippen MR) is 99.5 cm³/mol. The minimum atomic E-state index is -0.0927. The first kappa shape index (κ1) is 16.4. The monoisotopic (exact) mass is 377 g/mol. The Bertz CT molecular complexity index is 841. The standard InChI is InChI=1S/C18H17Cl2N3O2/c1-10-16-13(7-6-12(19)17(16)20)23-18(22-10)21-8-11-9-24-14-4-2-3-5-15(14)25-11/h2-7,10-11H,8-9H2,1H3,(H2,21,22,23). The quantitative estimate of drug-likeness (QED) is 0.827. The highest BCUT2D eigenvalue weighted by Crippen LogP contribution is 2.39. The Morgan fingerprint density at radius 2 is 2.00 bits per heavy atom. The first-order valence-corrected chi connectivity index (χ1v) is 8.83. The van der Waals surface area contributed by atoms with E-state index in [0.29, 0.717) is 29.2 Å². The molecule has 2 unspecified atom stereocenters. The van der Waals surface area contributed by atoms with Gasteiger partial charge in [-0.15, -0.1) is 0 Å². The van der Waals surface area contributed by atoms with Crippen LogP contribution in [0.5, 0.6) is 11.5 Å². The van der Waals surface area contributed by atoms with Crippen LogP contribution in [0.4, 0.5) is 5.69 Å². The summed E-state index contributed by atoms with van der Waals surface area (Å²) in [5.74, 6) is 2.22. The van der Waals surface area contributed by atoms with E-state index in [1.807, 2.05) is 37.3 Å². The van der Waals surface area contributed by atoms with Gasteiger partial charge in [0.05, 0.1) is 28.3 Å². The number of ether oxygens (including phenoxy) is 2. The molecular formula is C18H17Cl2N3O2. The number of nitrogens with one attached hydrogen (secondary N) is 2.